The van der Waals surface area contributed by atoms with E-state index in [1.54, 1.807) is 12.3 Å². The van der Waals surface area contributed by atoms with Crippen molar-refractivity contribution in [3.63, 3.8) is 0 Å². The van der Waals surface area contributed by atoms with E-state index < -0.39 is 23.0 Å². The molecular weight excluding hydrogens is 553 g/mol. The largest absolute Gasteiger partial charge is 0.481 e. The van der Waals surface area contributed by atoms with Crippen LogP contribution in [-0.4, -0.2) is 37.1 Å². The van der Waals surface area contributed by atoms with Crippen LogP contribution in [0.25, 0.3) is 0 Å². The highest BCUT2D eigenvalue weighted by atomic mass is 35.5. The zero-order valence-electron chi connectivity index (χ0n) is 22.2. The highest BCUT2D eigenvalue weighted by Crippen LogP contribution is 2.39. The second-order valence-electron chi connectivity index (χ2n) is 10.2. The molecule has 11 heteroatoms. The van der Waals surface area contributed by atoms with Crippen LogP contribution < -0.4 is 5.32 Å². The molecule has 2 aliphatic rings. The average Bonchev–Trinajstić information content (AvgIpc) is 2.98. The standard InChI is InChI=1S/C18H20ClN3O2.C11H13ClN2O2/c19-16-20-12-9-15(21-16)18(10-5-2-6-11-18)22-17(23)24-13-14-7-3-1-4-8-14;12-10-13-7-4-8(14-10)11(9(15)16)5-2-1-3-6-11/h1,3-4,7-9,12H,2,5-6,10-11,13H2,(H,22,23);4,7H,1-3,5-6H2,(H,15,16). The van der Waals surface area contributed by atoms with Gasteiger partial charge in [0.15, 0.2) is 0 Å². The van der Waals surface area contributed by atoms with Crippen LogP contribution in [-0.2, 0) is 27.1 Å². The molecule has 0 unspecified atom stereocenters. The van der Waals surface area contributed by atoms with E-state index in [1.807, 2.05) is 36.4 Å². The minimum atomic E-state index is -0.856. The molecule has 0 spiro atoms. The zero-order valence-corrected chi connectivity index (χ0v) is 23.7. The smallest absolute Gasteiger partial charge is 0.408 e. The summed E-state index contributed by atoms with van der Waals surface area (Å²) in [5.74, 6) is -0.804. The molecule has 0 saturated heterocycles. The number of amides is 1. The van der Waals surface area contributed by atoms with Gasteiger partial charge in [-0.05, 0) is 66.6 Å². The number of aromatic nitrogens is 4. The first-order valence-corrected chi connectivity index (χ1v) is 14.3. The molecule has 2 N–H and O–H groups in total. The van der Waals surface area contributed by atoms with Crippen molar-refractivity contribution in [3.8, 4) is 0 Å². The molecule has 2 aromatic heterocycles. The van der Waals surface area contributed by atoms with Crippen LogP contribution in [0.4, 0.5) is 4.79 Å². The monoisotopic (exact) mass is 585 g/mol. The third-order valence-corrected chi connectivity index (χ3v) is 7.97. The number of nitrogens with zero attached hydrogens (tertiary/aromatic N) is 4. The van der Waals surface area contributed by atoms with Gasteiger partial charge in [-0.15, -0.1) is 0 Å². The fourth-order valence-electron chi connectivity index (χ4n) is 5.49. The molecule has 2 saturated carbocycles. The number of benzene rings is 1. The van der Waals surface area contributed by atoms with Crippen LogP contribution in [0.1, 0.15) is 81.2 Å². The number of ether oxygens (including phenoxy) is 1. The van der Waals surface area contributed by atoms with Gasteiger partial charge in [0.25, 0.3) is 0 Å². The average molecular weight is 587 g/mol. The summed E-state index contributed by atoms with van der Waals surface area (Å²) in [5.41, 5.74) is 0.859. The molecule has 2 fully saturated rings. The number of carboxylic acid groups (broad SMARTS) is 1. The van der Waals surface area contributed by atoms with E-state index in [0.29, 0.717) is 18.5 Å². The van der Waals surface area contributed by atoms with Crippen molar-refractivity contribution >= 4 is 35.3 Å². The lowest BCUT2D eigenvalue weighted by Gasteiger charge is -2.37. The first kappa shape index (κ1) is 29.7. The van der Waals surface area contributed by atoms with Crippen molar-refractivity contribution < 1.29 is 19.4 Å². The molecule has 0 bridgehead atoms. The number of halogens is 2. The third-order valence-electron chi connectivity index (χ3n) is 7.61. The molecule has 9 nitrogen and oxygen atoms in total. The minimum absolute atomic E-state index is 0.115. The predicted molar refractivity (Wildman–Crippen MR) is 151 cm³/mol. The van der Waals surface area contributed by atoms with Crippen molar-refractivity contribution in [1.29, 1.82) is 0 Å². The minimum Gasteiger partial charge on any atom is -0.481 e. The van der Waals surface area contributed by atoms with Gasteiger partial charge in [0.1, 0.15) is 12.0 Å². The van der Waals surface area contributed by atoms with Crippen molar-refractivity contribution in [2.45, 2.75) is 81.8 Å². The van der Waals surface area contributed by atoms with Crippen molar-refractivity contribution in [2.24, 2.45) is 0 Å². The Hall–Kier alpha value is -3.30. The number of nitrogens with one attached hydrogen (secondary N) is 1. The van der Waals surface area contributed by atoms with E-state index in [2.05, 4.69) is 25.3 Å². The van der Waals surface area contributed by atoms with Crippen LogP contribution in [0.5, 0.6) is 0 Å². The number of hydrogen-bond donors (Lipinski definition) is 2. The summed E-state index contributed by atoms with van der Waals surface area (Å²) in [4.78, 5) is 39.9. The van der Waals surface area contributed by atoms with Crippen LogP contribution in [0.3, 0.4) is 0 Å². The van der Waals surface area contributed by atoms with Gasteiger partial charge in [-0.2, -0.15) is 0 Å². The van der Waals surface area contributed by atoms with Gasteiger partial charge in [-0.1, -0.05) is 68.9 Å². The SMILES string of the molecule is O=C(NC1(c2ccnc(Cl)n2)CCCCC1)OCc1ccccc1.O=C(O)C1(c2ccnc(Cl)n2)CCCCC1. The number of carbonyl (C=O) groups excluding carboxylic acids is 1. The summed E-state index contributed by atoms with van der Waals surface area (Å²) in [7, 11) is 0. The Bertz CT molecular complexity index is 1280. The van der Waals surface area contributed by atoms with Gasteiger partial charge in [0.05, 0.1) is 16.9 Å². The Kier molecular flexibility index (Phi) is 10.3. The first-order valence-electron chi connectivity index (χ1n) is 13.5. The van der Waals surface area contributed by atoms with Crippen molar-refractivity contribution in [1.82, 2.24) is 25.3 Å². The van der Waals surface area contributed by atoms with E-state index in [0.717, 1.165) is 62.6 Å². The van der Waals surface area contributed by atoms with E-state index >= 15 is 0 Å². The van der Waals surface area contributed by atoms with Gasteiger partial charge in [0, 0.05) is 12.4 Å². The van der Waals surface area contributed by atoms with E-state index in [9.17, 15) is 14.7 Å². The molecule has 2 aliphatic carbocycles. The summed E-state index contributed by atoms with van der Waals surface area (Å²) in [6.07, 6.45) is 11.8. The van der Waals surface area contributed by atoms with Crippen LogP contribution in [0.2, 0.25) is 10.6 Å². The highest BCUT2D eigenvalue weighted by molar-refractivity contribution is 6.28. The molecular formula is C29H33Cl2N5O4. The highest BCUT2D eigenvalue weighted by Gasteiger charge is 2.42. The lowest BCUT2D eigenvalue weighted by molar-refractivity contribution is -0.145. The number of carboxylic acids is 1. The maximum Gasteiger partial charge on any atom is 0.408 e. The molecule has 1 aromatic carbocycles. The van der Waals surface area contributed by atoms with Crippen molar-refractivity contribution in [3.05, 3.63) is 82.4 Å². The normalized spacial score (nSPS) is 17.6. The molecule has 0 atom stereocenters. The van der Waals surface area contributed by atoms with Crippen molar-refractivity contribution in [2.75, 3.05) is 0 Å². The van der Waals surface area contributed by atoms with E-state index in [4.69, 9.17) is 27.9 Å². The predicted octanol–water partition coefficient (Wildman–Crippen LogP) is 6.63. The summed E-state index contributed by atoms with van der Waals surface area (Å²) >= 11 is 11.7. The maximum atomic E-state index is 12.3. The number of aliphatic carboxylic acids is 1. The second-order valence-corrected chi connectivity index (χ2v) is 10.9. The molecule has 3 aromatic rings. The summed E-state index contributed by atoms with van der Waals surface area (Å²) < 4.78 is 5.38. The van der Waals surface area contributed by atoms with Crippen LogP contribution >= 0.6 is 23.2 Å². The maximum absolute atomic E-state index is 12.3. The van der Waals surface area contributed by atoms with Gasteiger partial charge in [-0.3, -0.25) is 4.79 Å². The fraction of sp³-hybridized carbons (Fsp3) is 0.448. The molecule has 2 heterocycles. The van der Waals surface area contributed by atoms with Gasteiger partial charge in [0.2, 0.25) is 10.6 Å². The van der Waals surface area contributed by atoms with Gasteiger partial charge >= 0.3 is 12.1 Å². The van der Waals surface area contributed by atoms with E-state index in [1.165, 1.54) is 6.20 Å². The quantitative estimate of drug-likeness (QED) is 0.308. The molecule has 0 aliphatic heterocycles. The number of hydrogen-bond acceptors (Lipinski definition) is 7. The van der Waals surface area contributed by atoms with Crippen LogP contribution in [0.15, 0.2) is 54.9 Å². The van der Waals surface area contributed by atoms with Gasteiger partial charge in [-0.25, -0.2) is 24.7 Å². The summed E-state index contributed by atoms with van der Waals surface area (Å²) in [5, 5.41) is 12.8. The Morgan fingerprint density at radius 2 is 1.35 bits per heavy atom. The molecule has 40 heavy (non-hydrogen) atoms. The number of carbonyl (C=O) groups is 2. The number of rotatable bonds is 6. The topological polar surface area (TPSA) is 127 Å². The Morgan fingerprint density at radius 1 is 0.800 bits per heavy atom. The third kappa shape index (κ3) is 7.46. The zero-order chi connectivity index (χ0) is 28.4. The van der Waals surface area contributed by atoms with Crippen LogP contribution in [0, 0.1) is 0 Å². The Labute approximate surface area is 243 Å². The lowest BCUT2D eigenvalue weighted by atomic mass is 9.72. The molecule has 212 valence electrons. The van der Waals surface area contributed by atoms with Gasteiger partial charge < -0.3 is 15.2 Å². The fourth-order valence-corrected chi connectivity index (χ4v) is 5.79. The second kappa shape index (κ2) is 13.9. The Morgan fingerprint density at radius 3 is 1.93 bits per heavy atom. The van der Waals surface area contributed by atoms with E-state index in [-0.39, 0.29) is 17.2 Å². The molecule has 5 rings (SSSR count). The summed E-state index contributed by atoms with van der Waals surface area (Å²) in [6, 6.07) is 13.1. The summed E-state index contributed by atoms with van der Waals surface area (Å²) in [6.45, 7) is 0.243. The first-order chi connectivity index (χ1) is 19.3. The lowest BCUT2D eigenvalue weighted by Crippen LogP contribution is -2.48. The Balaban J connectivity index is 0.000000201. The molecule has 1 amide bonds. The molecule has 0 radical (unpaired) electrons. The number of alkyl carbamates (subject to hydrolysis) is 1.